The molecule has 2 aromatic rings. The number of nitrogens with zero attached hydrogens (tertiary/aromatic N) is 3. The second-order valence-corrected chi connectivity index (χ2v) is 6.81. The zero-order valence-corrected chi connectivity index (χ0v) is 13.0. The molecule has 0 fully saturated rings. The normalized spacial score (nSPS) is 12.6. The summed E-state index contributed by atoms with van der Waals surface area (Å²) in [5, 5.41) is 10.0. The maximum absolute atomic E-state index is 12.5. The van der Waals surface area contributed by atoms with Crippen molar-refractivity contribution in [1.29, 1.82) is 5.26 Å². The van der Waals surface area contributed by atoms with Gasteiger partial charge in [-0.25, -0.2) is 4.98 Å². The topological polar surface area (TPSA) is 58.7 Å². The molecule has 2 rings (SSSR count). The van der Waals surface area contributed by atoms with E-state index in [4.69, 9.17) is 5.26 Å². The van der Waals surface area contributed by atoms with Crippen LogP contribution in [-0.4, -0.2) is 14.8 Å². The summed E-state index contributed by atoms with van der Waals surface area (Å²) in [6.07, 6.45) is 0. The van der Waals surface area contributed by atoms with Crippen molar-refractivity contribution in [2.45, 2.75) is 44.6 Å². The molecule has 2 aromatic heterocycles. The van der Waals surface area contributed by atoms with Gasteiger partial charge in [0.05, 0.1) is 16.7 Å². The first kappa shape index (κ1) is 14.1. The Morgan fingerprint density at radius 3 is 2.79 bits per heavy atom. The van der Waals surface area contributed by atoms with E-state index in [1.807, 2.05) is 27.7 Å². The minimum atomic E-state index is -0.218. The van der Waals surface area contributed by atoms with Crippen LogP contribution in [0.15, 0.2) is 9.95 Å². The van der Waals surface area contributed by atoms with Gasteiger partial charge in [0.25, 0.3) is 5.56 Å². The fourth-order valence-electron chi connectivity index (χ4n) is 1.86. The number of rotatable bonds is 3. The Morgan fingerprint density at radius 1 is 1.53 bits per heavy atom. The fourth-order valence-corrected chi connectivity index (χ4v) is 3.79. The highest BCUT2D eigenvalue weighted by Gasteiger charge is 2.17. The van der Waals surface area contributed by atoms with Crippen molar-refractivity contribution in [2.75, 3.05) is 0 Å². The molecule has 0 saturated carbocycles. The summed E-state index contributed by atoms with van der Waals surface area (Å²) in [6, 6.07) is 2.16. The summed E-state index contributed by atoms with van der Waals surface area (Å²) in [7, 11) is 0. The Hall–Kier alpha value is -1.32. The van der Waals surface area contributed by atoms with Crippen LogP contribution >= 0.6 is 23.1 Å². The minimum absolute atomic E-state index is 0.00184. The number of hydrogen-bond donors (Lipinski definition) is 0. The van der Waals surface area contributed by atoms with E-state index in [0.717, 1.165) is 20.7 Å². The maximum Gasteiger partial charge on any atom is 0.263 e. The summed E-state index contributed by atoms with van der Waals surface area (Å²) in [5.41, 5.74) is 1.02. The molecule has 0 radical (unpaired) electrons. The summed E-state index contributed by atoms with van der Waals surface area (Å²) < 4.78 is 1.65. The Kier molecular flexibility index (Phi) is 3.97. The second kappa shape index (κ2) is 5.35. The van der Waals surface area contributed by atoms with Crippen molar-refractivity contribution in [3.05, 3.63) is 20.8 Å². The van der Waals surface area contributed by atoms with Crippen LogP contribution in [0.5, 0.6) is 0 Å². The number of aromatic nitrogens is 2. The summed E-state index contributed by atoms with van der Waals surface area (Å²) in [4.78, 5) is 19.0. The molecule has 6 heteroatoms. The molecule has 0 aliphatic carbocycles. The van der Waals surface area contributed by atoms with Gasteiger partial charge in [0.15, 0.2) is 5.16 Å². The predicted octanol–water partition coefficient (Wildman–Crippen LogP) is 3.10. The maximum atomic E-state index is 12.5. The smallest absolute Gasteiger partial charge is 0.263 e. The van der Waals surface area contributed by atoms with E-state index in [9.17, 15) is 4.79 Å². The molecule has 0 spiro atoms. The molecule has 0 amide bonds. The third-order valence-electron chi connectivity index (χ3n) is 3.03. The highest BCUT2D eigenvalue weighted by molar-refractivity contribution is 8.00. The van der Waals surface area contributed by atoms with E-state index in [1.54, 1.807) is 15.9 Å². The summed E-state index contributed by atoms with van der Waals surface area (Å²) >= 11 is 2.88. The van der Waals surface area contributed by atoms with Crippen molar-refractivity contribution in [2.24, 2.45) is 0 Å². The van der Waals surface area contributed by atoms with Crippen LogP contribution in [0.4, 0.5) is 0 Å². The predicted molar refractivity (Wildman–Crippen MR) is 80.0 cm³/mol. The van der Waals surface area contributed by atoms with Crippen molar-refractivity contribution >= 4 is 33.3 Å². The van der Waals surface area contributed by atoms with E-state index in [-0.39, 0.29) is 10.8 Å². The van der Waals surface area contributed by atoms with E-state index < -0.39 is 0 Å². The number of thioether (sulfide) groups is 1. The third kappa shape index (κ3) is 2.40. The zero-order chi connectivity index (χ0) is 14.2. The molecule has 2 heterocycles. The van der Waals surface area contributed by atoms with Gasteiger partial charge >= 0.3 is 0 Å². The van der Waals surface area contributed by atoms with Crippen molar-refractivity contribution in [3.8, 4) is 6.07 Å². The molecule has 0 bridgehead atoms. The van der Waals surface area contributed by atoms with Gasteiger partial charge in [0, 0.05) is 11.4 Å². The molecule has 100 valence electrons. The monoisotopic (exact) mass is 293 g/mol. The second-order valence-electron chi connectivity index (χ2n) is 4.30. The number of hydrogen-bond acceptors (Lipinski definition) is 5. The van der Waals surface area contributed by atoms with Gasteiger partial charge in [-0.3, -0.25) is 9.36 Å². The molecule has 19 heavy (non-hydrogen) atoms. The largest absolute Gasteiger partial charge is 0.287 e. The Bertz CT molecular complexity index is 724. The molecular formula is C13H15N3OS2. The molecule has 1 unspecified atom stereocenters. The molecular weight excluding hydrogens is 278 g/mol. The molecule has 0 aliphatic rings. The van der Waals surface area contributed by atoms with E-state index in [2.05, 4.69) is 11.1 Å². The van der Waals surface area contributed by atoms with Crippen molar-refractivity contribution in [1.82, 2.24) is 9.55 Å². The minimum Gasteiger partial charge on any atom is -0.287 e. The number of thiophene rings is 1. The molecule has 0 aromatic carbocycles. The molecule has 1 atom stereocenters. The average Bonchev–Trinajstić information content (AvgIpc) is 2.65. The van der Waals surface area contributed by atoms with Gasteiger partial charge in [-0.2, -0.15) is 5.26 Å². The molecule has 0 saturated heterocycles. The first-order valence-corrected chi connectivity index (χ1v) is 7.76. The van der Waals surface area contributed by atoms with Gasteiger partial charge in [0.2, 0.25) is 0 Å². The Morgan fingerprint density at radius 2 is 2.21 bits per heavy atom. The van der Waals surface area contributed by atoms with Crippen LogP contribution in [0.3, 0.4) is 0 Å². The Balaban J connectivity index is 2.73. The van der Waals surface area contributed by atoms with Crippen LogP contribution in [0.2, 0.25) is 0 Å². The van der Waals surface area contributed by atoms with Gasteiger partial charge in [0.1, 0.15) is 4.83 Å². The summed E-state index contributed by atoms with van der Waals surface area (Å²) in [5.74, 6) is 0. The van der Waals surface area contributed by atoms with Crippen molar-refractivity contribution < 1.29 is 0 Å². The molecule has 0 N–H and O–H groups in total. The number of nitriles is 1. The van der Waals surface area contributed by atoms with Crippen LogP contribution in [0.1, 0.15) is 24.3 Å². The van der Waals surface area contributed by atoms with Crippen LogP contribution in [0.25, 0.3) is 10.2 Å². The summed E-state index contributed by atoms with van der Waals surface area (Å²) in [6.45, 7) is 8.26. The lowest BCUT2D eigenvalue weighted by Gasteiger charge is -2.10. The number of aryl methyl sites for hydroxylation is 2. The van der Waals surface area contributed by atoms with E-state index >= 15 is 0 Å². The highest BCUT2D eigenvalue weighted by Crippen LogP contribution is 2.29. The standard InChI is InChI=1S/C13H15N3OS2/c1-5-16-12(17)10-8(3)9(4)19-11(10)15-13(16)18-7(2)6-14/h7H,5H2,1-4H3. The van der Waals surface area contributed by atoms with Crippen LogP contribution in [0, 0.1) is 25.2 Å². The van der Waals surface area contributed by atoms with Gasteiger partial charge < -0.3 is 0 Å². The van der Waals surface area contributed by atoms with Gasteiger partial charge in [-0.15, -0.1) is 11.3 Å². The average molecular weight is 293 g/mol. The number of fused-ring (bicyclic) bond motifs is 1. The van der Waals surface area contributed by atoms with Crippen LogP contribution in [-0.2, 0) is 6.54 Å². The van der Waals surface area contributed by atoms with Crippen molar-refractivity contribution in [3.63, 3.8) is 0 Å². The molecule has 4 nitrogen and oxygen atoms in total. The highest BCUT2D eigenvalue weighted by atomic mass is 32.2. The third-order valence-corrected chi connectivity index (χ3v) is 5.12. The zero-order valence-electron chi connectivity index (χ0n) is 11.4. The lowest BCUT2D eigenvalue weighted by Crippen LogP contribution is -2.22. The lowest BCUT2D eigenvalue weighted by atomic mass is 10.2. The quantitative estimate of drug-likeness (QED) is 0.644. The molecule has 0 aliphatic heterocycles. The first-order valence-electron chi connectivity index (χ1n) is 6.06. The van der Waals surface area contributed by atoms with E-state index in [0.29, 0.717) is 11.7 Å². The van der Waals surface area contributed by atoms with Gasteiger partial charge in [-0.1, -0.05) is 11.8 Å². The first-order chi connectivity index (χ1) is 8.99. The fraction of sp³-hybridized carbons (Fsp3) is 0.462. The van der Waals surface area contributed by atoms with E-state index in [1.165, 1.54) is 11.8 Å². The van der Waals surface area contributed by atoms with Gasteiger partial charge in [-0.05, 0) is 33.3 Å². The Labute approximate surface area is 120 Å². The lowest BCUT2D eigenvalue weighted by molar-refractivity contribution is 0.635. The SMILES string of the molecule is CCn1c(SC(C)C#N)nc2sc(C)c(C)c2c1=O. The van der Waals surface area contributed by atoms with Crippen LogP contribution < -0.4 is 5.56 Å².